The lowest BCUT2D eigenvalue weighted by Crippen LogP contribution is -2.40. The molecule has 0 unspecified atom stereocenters. The lowest BCUT2D eigenvalue weighted by Gasteiger charge is -2.20. The highest BCUT2D eigenvalue weighted by Gasteiger charge is 2.20. The molecule has 4 nitrogen and oxygen atoms in total. The van der Waals surface area contributed by atoms with Crippen LogP contribution in [0, 0.1) is 0 Å². The van der Waals surface area contributed by atoms with Gasteiger partial charge in [0, 0.05) is 29.1 Å². The molecule has 1 N–H and O–H groups in total. The molecular weight excluding hydrogens is 276 g/mol. The topological polar surface area (TPSA) is 51.1 Å². The van der Waals surface area contributed by atoms with Crippen molar-refractivity contribution in [1.29, 1.82) is 0 Å². The van der Waals surface area contributed by atoms with Crippen molar-refractivity contribution in [2.75, 3.05) is 0 Å². The van der Waals surface area contributed by atoms with E-state index in [1.54, 1.807) is 24.4 Å². The van der Waals surface area contributed by atoms with Gasteiger partial charge in [-0.2, -0.15) is 0 Å². The van der Waals surface area contributed by atoms with E-state index in [2.05, 4.69) is 5.32 Å². The molecule has 1 aromatic heterocycles. The number of carbonyl (C=O) groups excluding carboxylic acids is 2. The van der Waals surface area contributed by atoms with Crippen LogP contribution < -0.4 is 5.32 Å². The standard InChI is InChI=1S/C15H17ClN2O2/c1-9(19)18-8-12(14(20)17-15(2,3)4)11-7-10(16)5-6-13(11)18/h5-8H,1-4H3,(H,17,20). The van der Waals surface area contributed by atoms with Crippen LogP contribution in [0.4, 0.5) is 0 Å². The van der Waals surface area contributed by atoms with Crippen LogP contribution in [0.15, 0.2) is 24.4 Å². The third kappa shape index (κ3) is 2.85. The largest absolute Gasteiger partial charge is 0.347 e. The normalized spacial score (nSPS) is 11.7. The summed E-state index contributed by atoms with van der Waals surface area (Å²) in [6.45, 7) is 7.17. The highest BCUT2D eigenvalue weighted by Crippen LogP contribution is 2.25. The van der Waals surface area contributed by atoms with Crippen LogP contribution in [0.1, 0.15) is 42.8 Å². The Bertz CT molecular complexity index is 696. The average molecular weight is 293 g/mol. The van der Waals surface area contributed by atoms with E-state index in [4.69, 9.17) is 11.6 Å². The maximum atomic E-state index is 12.3. The van der Waals surface area contributed by atoms with E-state index >= 15 is 0 Å². The molecule has 0 aliphatic carbocycles. The predicted molar refractivity (Wildman–Crippen MR) is 80.5 cm³/mol. The molecule has 20 heavy (non-hydrogen) atoms. The second-order valence-corrected chi connectivity index (χ2v) is 6.23. The Morgan fingerprint density at radius 2 is 1.90 bits per heavy atom. The van der Waals surface area contributed by atoms with E-state index in [1.807, 2.05) is 20.8 Å². The Labute approximate surface area is 122 Å². The van der Waals surface area contributed by atoms with Crippen LogP contribution in [-0.4, -0.2) is 21.9 Å². The number of hydrogen-bond acceptors (Lipinski definition) is 2. The molecule has 5 heteroatoms. The van der Waals surface area contributed by atoms with Gasteiger partial charge in [0.25, 0.3) is 5.91 Å². The zero-order chi connectivity index (χ0) is 15.1. The number of nitrogens with zero attached hydrogens (tertiary/aromatic N) is 1. The van der Waals surface area contributed by atoms with Crippen molar-refractivity contribution < 1.29 is 9.59 Å². The first-order valence-electron chi connectivity index (χ1n) is 6.33. The van der Waals surface area contributed by atoms with Gasteiger partial charge in [0.2, 0.25) is 5.91 Å². The number of fused-ring (bicyclic) bond motifs is 1. The summed E-state index contributed by atoms with van der Waals surface area (Å²) in [5.41, 5.74) is 0.786. The molecule has 0 atom stereocenters. The molecule has 2 aromatic rings. The summed E-state index contributed by atoms with van der Waals surface area (Å²) < 4.78 is 1.46. The number of hydrogen-bond donors (Lipinski definition) is 1. The number of amides is 1. The highest BCUT2D eigenvalue weighted by atomic mass is 35.5. The van der Waals surface area contributed by atoms with Crippen molar-refractivity contribution in [1.82, 2.24) is 9.88 Å². The SMILES string of the molecule is CC(=O)n1cc(C(=O)NC(C)(C)C)c2cc(Cl)ccc21. The van der Waals surface area contributed by atoms with Crippen molar-refractivity contribution in [2.24, 2.45) is 0 Å². The van der Waals surface area contributed by atoms with E-state index in [0.29, 0.717) is 21.5 Å². The Morgan fingerprint density at radius 3 is 2.45 bits per heavy atom. The van der Waals surface area contributed by atoms with Gasteiger partial charge in [0.05, 0.1) is 11.1 Å². The van der Waals surface area contributed by atoms with Gasteiger partial charge in [0.15, 0.2) is 0 Å². The van der Waals surface area contributed by atoms with Crippen molar-refractivity contribution >= 4 is 34.3 Å². The monoisotopic (exact) mass is 292 g/mol. The molecule has 1 heterocycles. The Hall–Kier alpha value is -1.81. The number of halogens is 1. The Morgan fingerprint density at radius 1 is 1.25 bits per heavy atom. The zero-order valence-corrected chi connectivity index (χ0v) is 12.7. The fourth-order valence-electron chi connectivity index (χ4n) is 2.05. The second kappa shape index (κ2) is 4.94. The summed E-state index contributed by atoms with van der Waals surface area (Å²) in [5.74, 6) is -0.364. The smallest absolute Gasteiger partial charge is 0.253 e. The molecule has 0 saturated heterocycles. The van der Waals surface area contributed by atoms with Crippen molar-refractivity contribution in [3.05, 3.63) is 35.0 Å². The first-order chi connectivity index (χ1) is 9.19. The van der Waals surface area contributed by atoms with E-state index in [9.17, 15) is 9.59 Å². The minimum absolute atomic E-state index is 0.146. The first-order valence-corrected chi connectivity index (χ1v) is 6.71. The van der Waals surface area contributed by atoms with E-state index in [1.165, 1.54) is 11.5 Å². The van der Waals surface area contributed by atoms with Crippen LogP contribution in [-0.2, 0) is 0 Å². The Balaban J connectivity index is 2.61. The van der Waals surface area contributed by atoms with E-state index in [0.717, 1.165) is 0 Å². The summed E-state index contributed by atoms with van der Waals surface area (Å²) in [7, 11) is 0. The number of benzene rings is 1. The van der Waals surface area contributed by atoms with Gasteiger partial charge >= 0.3 is 0 Å². The minimum atomic E-state index is -0.347. The first kappa shape index (κ1) is 14.6. The van der Waals surface area contributed by atoms with Crippen LogP contribution >= 0.6 is 11.6 Å². The summed E-state index contributed by atoms with van der Waals surface area (Å²) >= 11 is 5.99. The lowest BCUT2D eigenvalue weighted by molar-refractivity contribution is 0.0921. The van der Waals surface area contributed by atoms with Crippen LogP contribution in [0.3, 0.4) is 0 Å². The van der Waals surface area contributed by atoms with Gasteiger partial charge in [-0.15, -0.1) is 0 Å². The van der Waals surface area contributed by atoms with Crippen molar-refractivity contribution in [3.63, 3.8) is 0 Å². The Kier molecular flexibility index (Phi) is 3.61. The second-order valence-electron chi connectivity index (χ2n) is 5.80. The maximum Gasteiger partial charge on any atom is 0.253 e. The van der Waals surface area contributed by atoms with E-state index < -0.39 is 0 Å². The molecule has 1 aromatic carbocycles. The van der Waals surface area contributed by atoms with Crippen molar-refractivity contribution in [3.8, 4) is 0 Å². The third-order valence-electron chi connectivity index (χ3n) is 2.84. The third-order valence-corrected chi connectivity index (χ3v) is 3.07. The molecule has 0 spiro atoms. The predicted octanol–water partition coefficient (Wildman–Crippen LogP) is 3.48. The molecule has 0 aliphatic heterocycles. The molecule has 0 saturated carbocycles. The quantitative estimate of drug-likeness (QED) is 0.875. The fourth-order valence-corrected chi connectivity index (χ4v) is 2.22. The molecule has 2 rings (SSSR count). The number of aromatic nitrogens is 1. The summed E-state index contributed by atoms with van der Waals surface area (Å²) in [4.78, 5) is 24.0. The number of carbonyl (C=O) groups is 2. The molecule has 0 fully saturated rings. The van der Waals surface area contributed by atoms with Gasteiger partial charge < -0.3 is 5.32 Å². The number of nitrogens with one attached hydrogen (secondary N) is 1. The van der Waals surface area contributed by atoms with Gasteiger partial charge in [-0.25, -0.2) is 0 Å². The van der Waals surface area contributed by atoms with Crippen molar-refractivity contribution in [2.45, 2.75) is 33.2 Å². The summed E-state index contributed by atoms with van der Waals surface area (Å²) in [6.07, 6.45) is 1.56. The minimum Gasteiger partial charge on any atom is -0.347 e. The molecular formula is C15H17ClN2O2. The average Bonchev–Trinajstić information content (AvgIpc) is 2.65. The highest BCUT2D eigenvalue weighted by molar-refractivity contribution is 6.31. The zero-order valence-electron chi connectivity index (χ0n) is 12.0. The van der Waals surface area contributed by atoms with Gasteiger partial charge in [0.1, 0.15) is 0 Å². The molecule has 1 amide bonds. The molecule has 106 valence electrons. The van der Waals surface area contributed by atoms with Gasteiger partial charge in [-0.1, -0.05) is 11.6 Å². The summed E-state index contributed by atoms with van der Waals surface area (Å²) in [6, 6.07) is 5.15. The van der Waals surface area contributed by atoms with E-state index in [-0.39, 0.29) is 17.4 Å². The molecule has 0 bridgehead atoms. The maximum absolute atomic E-state index is 12.3. The van der Waals surface area contributed by atoms with Crippen LogP contribution in [0.2, 0.25) is 5.02 Å². The van der Waals surface area contributed by atoms with Gasteiger partial charge in [-0.3, -0.25) is 14.2 Å². The lowest BCUT2D eigenvalue weighted by atomic mass is 10.1. The van der Waals surface area contributed by atoms with Crippen LogP contribution in [0.25, 0.3) is 10.9 Å². The number of rotatable bonds is 1. The van der Waals surface area contributed by atoms with Gasteiger partial charge in [-0.05, 0) is 39.0 Å². The fraction of sp³-hybridized carbons (Fsp3) is 0.333. The van der Waals surface area contributed by atoms with Crippen LogP contribution in [0.5, 0.6) is 0 Å². The molecule has 0 aliphatic rings. The summed E-state index contributed by atoms with van der Waals surface area (Å²) in [5, 5.41) is 4.10. The molecule has 0 radical (unpaired) electrons.